The van der Waals surface area contributed by atoms with Crippen LogP contribution in [0.5, 0.6) is 0 Å². The van der Waals surface area contributed by atoms with Gasteiger partial charge in [0, 0.05) is 18.6 Å². The predicted octanol–water partition coefficient (Wildman–Crippen LogP) is 1.60. The van der Waals surface area contributed by atoms with Gasteiger partial charge in [-0.15, -0.1) is 6.58 Å². The molecule has 2 N–H and O–H groups in total. The lowest BCUT2D eigenvalue weighted by atomic mass is 10.1. The molecule has 0 heterocycles. The van der Waals surface area contributed by atoms with Gasteiger partial charge in [-0.25, -0.2) is 4.79 Å². The van der Waals surface area contributed by atoms with Gasteiger partial charge in [-0.3, -0.25) is 4.79 Å². The van der Waals surface area contributed by atoms with Gasteiger partial charge >= 0.3 is 12.0 Å². The Morgan fingerprint density at radius 3 is 2.56 bits per heavy atom. The number of hydrogen-bond donors (Lipinski definition) is 2. The van der Waals surface area contributed by atoms with E-state index in [2.05, 4.69) is 11.9 Å². The van der Waals surface area contributed by atoms with Crippen molar-refractivity contribution in [2.24, 2.45) is 5.92 Å². The summed E-state index contributed by atoms with van der Waals surface area (Å²) in [7, 11) is 0. The van der Waals surface area contributed by atoms with Gasteiger partial charge in [0.2, 0.25) is 0 Å². The standard InChI is InChI=1S/C13H20N2O3/c1-2-7-15(11-5-6-11)13(18)14-10-4-3-9(8-10)12(16)17/h2,9-11H,1,3-8H2,(H,14,18)(H,16,17). The quantitative estimate of drug-likeness (QED) is 0.730. The number of carbonyl (C=O) groups excluding carboxylic acids is 1. The molecule has 0 aliphatic heterocycles. The summed E-state index contributed by atoms with van der Waals surface area (Å²) in [5, 5.41) is 11.9. The van der Waals surface area contributed by atoms with Crippen LogP contribution in [0, 0.1) is 5.92 Å². The maximum atomic E-state index is 12.1. The predicted molar refractivity (Wildman–Crippen MR) is 67.2 cm³/mol. The molecule has 0 bridgehead atoms. The van der Waals surface area contributed by atoms with Crippen LogP contribution in [0.15, 0.2) is 12.7 Å². The lowest BCUT2D eigenvalue weighted by Crippen LogP contribution is -2.45. The molecule has 0 radical (unpaired) electrons. The van der Waals surface area contributed by atoms with Gasteiger partial charge in [0.25, 0.3) is 0 Å². The zero-order valence-electron chi connectivity index (χ0n) is 10.5. The number of carboxylic acid groups (broad SMARTS) is 1. The molecule has 2 rings (SSSR count). The van der Waals surface area contributed by atoms with Crippen molar-refractivity contribution in [3.63, 3.8) is 0 Å². The lowest BCUT2D eigenvalue weighted by Gasteiger charge is -2.23. The summed E-state index contributed by atoms with van der Waals surface area (Å²) in [6.07, 6.45) is 5.81. The zero-order valence-corrected chi connectivity index (χ0v) is 10.5. The smallest absolute Gasteiger partial charge is 0.318 e. The first kappa shape index (κ1) is 12.9. The molecule has 0 spiro atoms. The molecule has 5 heteroatoms. The van der Waals surface area contributed by atoms with Crippen LogP contribution >= 0.6 is 0 Å². The molecule has 2 aliphatic carbocycles. The maximum absolute atomic E-state index is 12.1. The Balaban J connectivity index is 1.83. The number of carbonyl (C=O) groups is 2. The zero-order chi connectivity index (χ0) is 13.1. The van der Waals surface area contributed by atoms with Gasteiger partial charge in [-0.1, -0.05) is 6.08 Å². The Morgan fingerprint density at radius 2 is 2.06 bits per heavy atom. The van der Waals surface area contributed by atoms with Gasteiger partial charge in [0.05, 0.1) is 5.92 Å². The number of aliphatic carboxylic acids is 1. The second-order valence-electron chi connectivity index (χ2n) is 5.17. The number of amides is 2. The first-order chi connectivity index (χ1) is 8.61. The summed E-state index contributed by atoms with van der Waals surface area (Å²) in [6.45, 7) is 4.22. The summed E-state index contributed by atoms with van der Waals surface area (Å²) < 4.78 is 0. The number of nitrogens with one attached hydrogen (secondary N) is 1. The van der Waals surface area contributed by atoms with E-state index in [4.69, 9.17) is 5.11 Å². The van der Waals surface area contributed by atoms with Gasteiger partial charge in [0.15, 0.2) is 0 Å². The molecule has 0 aromatic heterocycles. The summed E-state index contributed by atoms with van der Waals surface area (Å²) in [5.41, 5.74) is 0. The maximum Gasteiger partial charge on any atom is 0.318 e. The van der Waals surface area contributed by atoms with Crippen LogP contribution in [0.2, 0.25) is 0 Å². The third-order valence-corrected chi connectivity index (χ3v) is 3.68. The largest absolute Gasteiger partial charge is 0.481 e. The number of hydrogen-bond acceptors (Lipinski definition) is 2. The Hall–Kier alpha value is -1.52. The Labute approximate surface area is 107 Å². The van der Waals surface area contributed by atoms with Crippen molar-refractivity contribution >= 4 is 12.0 Å². The monoisotopic (exact) mass is 252 g/mol. The Kier molecular flexibility index (Phi) is 3.89. The number of rotatable bonds is 5. The van der Waals surface area contributed by atoms with Crippen molar-refractivity contribution < 1.29 is 14.7 Å². The number of carboxylic acids is 1. The van der Waals surface area contributed by atoms with Crippen LogP contribution in [-0.4, -0.2) is 40.6 Å². The van der Waals surface area contributed by atoms with Crippen molar-refractivity contribution in [1.29, 1.82) is 0 Å². The highest BCUT2D eigenvalue weighted by Gasteiger charge is 2.35. The Morgan fingerprint density at radius 1 is 1.33 bits per heavy atom. The fraction of sp³-hybridized carbons (Fsp3) is 0.692. The third kappa shape index (κ3) is 3.03. The van der Waals surface area contributed by atoms with Crippen LogP contribution in [-0.2, 0) is 4.79 Å². The highest BCUT2D eigenvalue weighted by atomic mass is 16.4. The number of nitrogens with zero attached hydrogens (tertiary/aromatic N) is 1. The average Bonchev–Trinajstić information content (AvgIpc) is 3.05. The van der Waals surface area contributed by atoms with Gasteiger partial charge in [-0.2, -0.15) is 0 Å². The van der Waals surface area contributed by atoms with Gasteiger partial charge in [-0.05, 0) is 32.1 Å². The van der Waals surface area contributed by atoms with E-state index in [0.29, 0.717) is 25.4 Å². The molecule has 2 saturated carbocycles. The minimum Gasteiger partial charge on any atom is -0.481 e. The summed E-state index contributed by atoms with van der Waals surface area (Å²) in [4.78, 5) is 24.7. The van der Waals surface area contributed by atoms with Crippen LogP contribution in [0.25, 0.3) is 0 Å². The fourth-order valence-electron chi connectivity index (χ4n) is 2.52. The van der Waals surface area contributed by atoms with E-state index in [1.54, 1.807) is 11.0 Å². The second kappa shape index (κ2) is 5.42. The topological polar surface area (TPSA) is 69.6 Å². The number of urea groups is 1. The highest BCUT2D eigenvalue weighted by molar-refractivity contribution is 5.76. The van der Waals surface area contributed by atoms with E-state index in [9.17, 15) is 9.59 Å². The van der Waals surface area contributed by atoms with Crippen molar-refractivity contribution in [3.8, 4) is 0 Å². The molecule has 100 valence electrons. The minimum absolute atomic E-state index is 0.00432. The summed E-state index contributed by atoms with van der Waals surface area (Å²) >= 11 is 0. The van der Waals surface area contributed by atoms with E-state index >= 15 is 0 Å². The molecule has 2 unspecified atom stereocenters. The van der Waals surface area contributed by atoms with E-state index < -0.39 is 5.97 Å². The van der Waals surface area contributed by atoms with E-state index in [1.165, 1.54) is 0 Å². The van der Waals surface area contributed by atoms with Crippen molar-refractivity contribution in [3.05, 3.63) is 12.7 Å². The minimum atomic E-state index is -0.753. The molecular formula is C13H20N2O3. The normalized spacial score (nSPS) is 26.7. The first-order valence-electron chi connectivity index (χ1n) is 6.52. The lowest BCUT2D eigenvalue weighted by molar-refractivity contribution is -0.141. The van der Waals surface area contributed by atoms with Crippen LogP contribution < -0.4 is 5.32 Å². The average molecular weight is 252 g/mol. The van der Waals surface area contributed by atoms with Crippen LogP contribution in [0.4, 0.5) is 4.79 Å². The second-order valence-corrected chi connectivity index (χ2v) is 5.17. The van der Waals surface area contributed by atoms with Crippen molar-refractivity contribution in [2.75, 3.05) is 6.54 Å². The van der Waals surface area contributed by atoms with E-state index in [-0.39, 0.29) is 18.0 Å². The SMILES string of the molecule is C=CCN(C(=O)NC1CCC(C(=O)O)C1)C1CC1. The molecule has 18 heavy (non-hydrogen) atoms. The van der Waals surface area contributed by atoms with Crippen LogP contribution in [0.3, 0.4) is 0 Å². The fourth-order valence-corrected chi connectivity index (χ4v) is 2.52. The van der Waals surface area contributed by atoms with Crippen LogP contribution in [0.1, 0.15) is 32.1 Å². The molecule has 0 saturated heterocycles. The summed E-state index contributed by atoms with van der Waals surface area (Å²) in [5.74, 6) is -1.05. The third-order valence-electron chi connectivity index (χ3n) is 3.68. The highest BCUT2D eigenvalue weighted by Crippen LogP contribution is 2.28. The van der Waals surface area contributed by atoms with Crippen molar-refractivity contribution in [1.82, 2.24) is 10.2 Å². The van der Waals surface area contributed by atoms with Gasteiger partial charge in [0.1, 0.15) is 0 Å². The Bertz CT molecular complexity index is 352. The van der Waals surface area contributed by atoms with E-state index in [1.807, 2.05) is 0 Å². The molecule has 2 amide bonds. The molecule has 2 atom stereocenters. The molecule has 2 aliphatic rings. The van der Waals surface area contributed by atoms with E-state index in [0.717, 1.165) is 19.3 Å². The van der Waals surface area contributed by atoms with Gasteiger partial charge < -0.3 is 15.3 Å². The van der Waals surface area contributed by atoms with Crippen molar-refractivity contribution in [2.45, 2.75) is 44.2 Å². The molecule has 2 fully saturated rings. The summed E-state index contributed by atoms with van der Waals surface area (Å²) in [6, 6.07) is 0.276. The first-order valence-corrected chi connectivity index (χ1v) is 6.52. The molecule has 0 aromatic carbocycles. The molecule has 0 aromatic rings. The molecular weight excluding hydrogens is 232 g/mol. The molecule has 5 nitrogen and oxygen atoms in total.